The maximum Gasteiger partial charge on any atom is 0.229 e. The van der Waals surface area contributed by atoms with Crippen molar-refractivity contribution in [3.8, 4) is 0 Å². The van der Waals surface area contributed by atoms with Gasteiger partial charge in [0.2, 0.25) is 11.8 Å². The molecule has 0 heterocycles. The molecule has 0 bridgehead atoms. The van der Waals surface area contributed by atoms with Crippen LogP contribution in [0.5, 0.6) is 0 Å². The predicted molar refractivity (Wildman–Crippen MR) is 62.2 cm³/mol. The van der Waals surface area contributed by atoms with Crippen molar-refractivity contribution in [2.24, 2.45) is 5.73 Å². The summed E-state index contributed by atoms with van der Waals surface area (Å²) in [5.41, 5.74) is 6.44. The van der Waals surface area contributed by atoms with Crippen LogP contribution < -0.4 is 11.1 Å². The van der Waals surface area contributed by atoms with Crippen molar-refractivity contribution in [1.82, 2.24) is 5.32 Å². The highest BCUT2D eigenvalue weighted by Crippen LogP contribution is 2.04. The minimum atomic E-state index is -0.902. The second-order valence-electron chi connectivity index (χ2n) is 3.23. The molecule has 0 aromatic heterocycles. The molecule has 1 rings (SSSR count). The first-order valence-corrected chi connectivity index (χ1v) is 4.75. The molecule has 4 heteroatoms. The van der Waals surface area contributed by atoms with Crippen molar-refractivity contribution in [3.63, 3.8) is 0 Å². The fourth-order valence-electron chi connectivity index (χ4n) is 1.10. The van der Waals surface area contributed by atoms with Crippen LogP contribution in [0.3, 0.4) is 0 Å². The molecule has 0 saturated carbocycles. The van der Waals surface area contributed by atoms with Crippen molar-refractivity contribution < 1.29 is 11.0 Å². The predicted octanol–water partition coefficient (Wildman–Crippen LogP) is 0.821. The van der Waals surface area contributed by atoms with Crippen LogP contribution in [0, 0.1) is 0 Å². The second-order valence-corrected chi connectivity index (χ2v) is 3.23. The normalized spacial score (nSPS) is 12.4. The van der Waals surface area contributed by atoms with E-state index in [0.717, 1.165) is 5.56 Å². The number of carbonyl (C=O) groups excluding carboxylic acids is 2. The number of rotatable bonds is 5. The summed E-state index contributed by atoms with van der Waals surface area (Å²) >= 11 is 0. The molecular weight excluding hydrogens is 204 g/mol. The van der Waals surface area contributed by atoms with Crippen molar-refractivity contribution in [3.05, 3.63) is 42.0 Å². The zero-order valence-corrected chi connectivity index (χ0v) is 8.77. The van der Waals surface area contributed by atoms with Crippen LogP contribution >= 0.6 is 0 Å². The third-order valence-electron chi connectivity index (χ3n) is 1.91. The quantitative estimate of drug-likeness (QED) is 0.720. The summed E-state index contributed by atoms with van der Waals surface area (Å²) in [5, 5.41) is 2.37. The lowest BCUT2D eigenvalue weighted by molar-refractivity contribution is -0.127. The molecule has 2 amide bonds. The molecule has 3 N–H and O–H groups in total. The molecule has 0 aliphatic carbocycles. The number of nitrogens with one attached hydrogen (secondary N) is 1. The highest BCUT2D eigenvalue weighted by Gasteiger charge is 2.04. The van der Waals surface area contributed by atoms with Crippen molar-refractivity contribution >= 4 is 17.9 Å². The number of primary amides is 1. The number of carbonyl (C=O) groups is 2. The van der Waals surface area contributed by atoms with Gasteiger partial charge in [-0.3, -0.25) is 9.59 Å². The summed E-state index contributed by atoms with van der Waals surface area (Å²) in [7, 11) is 0. The summed E-state index contributed by atoms with van der Waals surface area (Å²) in [4.78, 5) is 21.7. The van der Waals surface area contributed by atoms with E-state index in [2.05, 4.69) is 11.9 Å². The van der Waals surface area contributed by atoms with Crippen molar-refractivity contribution in [2.45, 2.75) is 12.9 Å². The molecular formula is C12H14N2O2. The monoisotopic (exact) mass is 219 g/mol. The number of hydrogen-bond acceptors (Lipinski definition) is 2. The molecule has 16 heavy (non-hydrogen) atoms. The topological polar surface area (TPSA) is 72.2 Å². The van der Waals surface area contributed by atoms with Gasteiger partial charge in [0.1, 0.15) is 6.42 Å². The third-order valence-corrected chi connectivity index (χ3v) is 1.91. The molecule has 0 fully saturated rings. The maximum absolute atomic E-state index is 11.2. The van der Waals surface area contributed by atoms with Gasteiger partial charge in [-0.25, -0.2) is 0 Å². The zero-order chi connectivity index (χ0) is 12.8. The maximum atomic E-state index is 11.2. The largest absolute Gasteiger partial charge is 0.369 e. The Labute approximate surface area is 95.5 Å². The first-order valence-electron chi connectivity index (χ1n) is 5.33. The lowest BCUT2D eigenvalue weighted by atomic mass is 10.1. The van der Waals surface area contributed by atoms with Gasteiger partial charge in [0.15, 0.2) is 0 Å². The van der Waals surface area contributed by atoms with Crippen LogP contribution in [-0.2, 0) is 16.1 Å². The van der Waals surface area contributed by atoms with Crippen LogP contribution in [0.15, 0.2) is 30.8 Å². The van der Waals surface area contributed by atoms with Gasteiger partial charge in [-0.1, -0.05) is 36.9 Å². The van der Waals surface area contributed by atoms with Crippen LogP contribution in [0.4, 0.5) is 0 Å². The van der Waals surface area contributed by atoms with E-state index in [1.165, 1.54) is 0 Å². The summed E-state index contributed by atoms with van der Waals surface area (Å²) in [6.07, 6.45) is 1.29. The number of nitrogens with two attached hydrogens (primary N) is 1. The minimum Gasteiger partial charge on any atom is -0.369 e. The summed E-state index contributed by atoms with van der Waals surface area (Å²) in [6, 6.07) is 7.03. The molecule has 0 saturated heterocycles. The lowest BCUT2D eigenvalue weighted by Gasteiger charge is -2.04. The van der Waals surface area contributed by atoms with Crippen molar-refractivity contribution in [2.75, 3.05) is 0 Å². The van der Waals surface area contributed by atoms with E-state index in [-0.39, 0.29) is 0 Å². The van der Waals surface area contributed by atoms with E-state index in [1.807, 2.05) is 0 Å². The standard InChI is InChI=1S/C12H14N2O2/c1-2-9-3-5-10(6-4-9)8-14-12(16)7-11(13)15/h2-6H,1,7-8H2,(H2,13,15)(H,14,16)/i8D. The van der Waals surface area contributed by atoms with Gasteiger partial charge >= 0.3 is 0 Å². The van der Waals surface area contributed by atoms with E-state index < -0.39 is 24.8 Å². The first kappa shape index (κ1) is 10.4. The average molecular weight is 219 g/mol. The fraction of sp³-hybridized carbons (Fsp3) is 0.167. The average Bonchev–Trinajstić information content (AvgIpc) is 2.28. The van der Waals surface area contributed by atoms with Gasteiger partial charge in [-0.15, -0.1) is 0 Å². The SMILES string of the molecule is [2H]C(NC(=O)CC(N)=O)c1ccc(C=C)cc1. The second kappa shape index (κ2) is 5.70. The molecule has 4 nitrogen and oxygen atoms in total. The number of amides is 2. The Hall–Kier alpha value is -2.10. The Kier molecular flexibility index (Phi) is 3.71. The van der Waals surface area contributed by atoms with Gasteiger partial charge in [0.05, 0.1) is 1.37 Å². The molecule has 1 aromatic carbocycles. The molecule has 0 radical (unpaired) electrons. The minimum absolute atomic E-state index is 0.403. The van der Waals surface area contributed by atoms with Crippen molar-refractivity contribution in [1.29, 1.82) is 0 Å². The van der Waals surface area contributed by atoms with Gasteiger partial charge in [0, 0.05) is 6.52 Å². The van der Waals surface area contributed by atoms with Gasteiger partial charge < -0.3 is 11.1 Å². The lowest BCUT2D eigenvalue weighted by Crippen LogP contribution is -2.27. The van der Waals surface area contributed by atoms with E-state index in [9.17, 15) is 9.59 Å². The Bertz CT molecular complexity index is 429. The summed E-state index contributed by atoms with van der Waals surface area (Å²) in [6.45, 7) is 2.72. The van der Waals surface area contributed by atoms with Crippen LogP contribution in [-0.4, -0.2) is 11.8 Å². The molecule has 1 aromatic rings. The molecule has 0 spiro atoms. The Morgan fingerprint density at radius 3 is 2.56 bits per heavy atom. The molecule has 84 valence electrons. The number of hydrogen-bond donors (Lipinski definition) is 2. The van der Waals surface area contributed by atoms with E-state index in [0.29, 0.717) is 5.56 Å². The van der Waals surface area contributed by atoms with E-state index in [4.69, 9.17) is 7.10 Å². The smallest absolute Gasteiger partial charge is 0.229 e. The Morgan fingerprint density at radius 1 is 1.44 bits per heavy atom. The van der Waals surface area contributed by atoms with Crippen LogP contribution in [0.25, 0.3) is 6.08 Å². The highest BCUT2D eigenvalue weighted by atomic mass is 16.2. The van der Waals surface area contributed by atoms with Crippen LogP contribution in [0.1, 0.15) is 18.9 Å². The number of benzene rings is 1. The molecule has 1 unspecified atom stereocenters. The molecule has 0 aliphatic heterocycles. The summed E-state index contributed by atoms with van der Waals surface area (Å²) < 4.78 is 7.71. The van der Waals surface area contributed by atoms with E-state index in [1.54, 1.807) is 30.3 Å². The molecule has 1 atom stereocenters. The highest BCUT2D eigenvalue weighted by molar-refractivity contribution is 5.95. The Balaban J connectivity index is 2.62. The summed E-state index contributed by atoms with van der Waals surface area (Å²) in [5.74, 6) is -1.26. The van der Waals surface area contributed by atoms with Crippen LogP contribution in [0.2, 0.25) is 0 Å². The van der Waals surface area contributed by atoms with E-state index >= 15 is 0 Å². The third kappa shape index (κ3) is 3.96. The Morgan fingerprint density at radius 2 is 2.06 bits per heavy atom. The fourth-order valence-corrected chi connectivity index (χ4v) is 1.10. The zero-order valence-electron chi connectivity index (χ0n) is 9.77. The van der Waals surface area contributed by atoms with Gasteiger partial charge in [0.25, 0.3) is 0 Å². The first-order chi connectivity index (χ1) is 8.02. The molecule has 0 aliphatic rings. The van der Waals surface area contributed by atoms with Gasteiger partial charge in [-0.2, -0.15) is 0 Å². The van der Waals surface area contributed by atoms with Gasteiger partial charge in [-0.05, 0) is 11.1 Å².